The Morgan fingerprint density at radius 2 is 2.21 bits per heavy atom. The molecule has 0 saturated heterocycles. The summed E-state index contributed by atoms with van der Waals surface area (Å²) >= 11 is 0. The summed E-state index contributed by atoms with van der Waals surface area (Å²) in [6, 6.07) is 9.27. The molecule has 0 fully saturated rings. The third-order valence-corrected chi connectivity index (χ3v) is 2.19. The first kappa shape index (κ1) is 8.73. The quantitative estimate of drug-likeness (QED) is 0.681. The van der Waals surface area contributed by atoms with Gasteiger partial charge in [-0.05, 0) is 12.1 Å². The van der Waals surface area contributed by atoms with Crippen LogP contribution in [0.2, 0.25) is 0 Å². The maximum atomic E-state index is 9.37. The lowest BCUT2D eigenvalue weighted by atomic mass is 10.3. The second-order valence-electron chi connectivity index (χ2n) is 3.05. The van der Waals surface area contributed by atoms with E-state index in [4.69, 9.17) is 5.26 Å². The SMILES string of the molecule is Cn1c(C(O)C#N)nc2ccccc21. The number of benzene rings is 1. The van der Waals surface area contributed by atoms with Gasteiger partial charge < -0.3 is 9.67 Å². The summed E-state index contributed by atoms with van der Waals surface area (Å²) in [6.07, 6.45) is -1.16. The fourth-order valence-electron chi connectivity index (χ4n) is 1.47. The van der Waals surface area contributed by atoms with Crippen LogP contribution in [-0.4, -0.2) is 14.7 Å². The van der Waals surface area contributed by atoms with Crippen LogP contribution in [-0.2, 0) is 7.05 Å². The van der Waals surface area contributed by atoms with Gasteiger partial charge >= 0.3 is 0 Å². The van der Waals surface area contributed by atoms with E-state index in [0.29, 0.717) is 5.82 Å². The van der Waals surface area contributed by atoms with Gasteiger partial charge in [0, 0.05) is 7.05 Å². The zero-order valence-electron chi connectivity index (χ0n) is 7.68. The van der Waals surface area contributed by atoms with Crippen LogP contribution >= 0.6 is 0 Å². The van der Waals surface area contributed by atoms with Crippen LogP contribution in [0.15, 0.2) is 24.3 Å². The smallest absolute Gasteiger partial charge is 0.199 e. The molecule has 1 aromatic carbocycles. The van der Waals surface area contributed by atoms with Gasteiger partial charge in [-0.1, -0.05) is 12.1 Å². The summed E-state index contributed by atoms with van der Waals surface area (Å²) in [5, 5.41) is 18.0. The molecule has 1 unspecified atom stereocenters. The molecule has 4 heteroatoms. The first-order chi connectivity index (χ1) is 6.74. The van der Waals surface area contributed by atoms with Gasteiger partial charge in [0.1, 0.15) is 6.07 Å². The van der Waals surface area contributed by atoms with Crippen molar-refractivity contribution in [2.45, 2.75) is 6.10 Å². The number of aryl methyl sites for hydroxylation is 1. The molecule has 0 aliphatic rings. The van der Waals surface area contributed by atoms with Crippen LogP contribution in [0.4, 0.5) is 0 Å². The van der Waals surface area contributed by atoms with Crippen molar-refractivity contribution >= 4 is 11.0 Å². The summed E-state index contributed by atoms with van der Waals surface area (Å²) < 4.78 is 1.73. The number of nitriles is 1. The Morgan fingerprint density at radius 1 is 1.50 bits per heavy atom. The maximum absolute atomic E-state index is 9.37. The molecule has 70 valence electrons. The van der Waals surface area contributed by atoms with Gasteiger partial charge in [0.2, 0.25) is 0 Å². The van der Waals surface area contributed by atoms with Crippen LogP contribution in [0.3, 0.4) is 0 Å². The van der Waals surface area contributed by atoms with Crippen LogP contribution in [0.25, 0.3) is 11.0 Å². The number of aliphatic hydroxyl groups excluding tert-OH is 1. The van der Waals surface area contributed by atoms with Crippen molar-refractivity contribution in [2.24, 2.45) is 7.05 Å². The Hall–Kier alpha value is -1.86. The molecule has 2 rings (SSSR count). The summed E-state index contributed by atoms with van der Waals surface area (Å²) in [7, 11) is 1.78. The number of para-hydroxylation sites is 2. The molecule has 1 N–H and O–H groups in total. The third-order valence-electron chi connectivity index (χ3n) is 2.19. The zero-order valence-corrected chi connectivity index (χ0v) is 7.68. The van der Waals surface area contributed by atoms with E-state index in [-0.39, 0.29) is 0 Å². The molecule has 14 heavy (non-hydrogen) atoms. The predicted octanol–water partition coefficient (Wildman–Crippen LogP) is 1.13. The van der Waals surface area contributed by atoms with E-state index < -0.39 is 6.10 Å². The second kappa shape index (κ2) is 3.13. The molecule has 0 bridgehead atoms. The highest BCUT2D eigenvalue weighted by molar-refractivity contribution is 5.75. The van der Waals surface area contributed by atoms with Gasteiger partial charge in [0.05, 0.1) is 11.0 Å². The minimum Gasteiger partial charge on any atom is -0.371 e. The summed E-state index contributed by atoms with van der Waals surface area (Å²) in [5.74, 6) is 0.383. The Kier molecular flexibility index (Phi) is 1.95. The minimum absolute atomic E-state index is 0.383. The lowest BCUT2D eigenvalue weighted by Gasteiger charge is -2.01. The summed E-state index contributed by atoms with van der Waals surface area (Å²) in [5.41, 5.74) is 1.70. The van der Waals surface area contributed by atoms with E-state index in [9.17, 15) is 5.11 Å². The zero-order chi connectivity index (χ0) is 10.1. The molecule has 2 aromatic rings. The fourth-order valence-corrected chi connectivity index (χ4v) is 1.47. The van der Waals surface area contributed by atoms with Crippen molar-refractivity contribution in [3.63, 3.8) is 0 Å². The number of nitrogens with zero attached hydrogens (tertiary/aromatic N) is 3. The summed E-state index contributed by atoms with van der Waals surface area (Å²) in [6.45, 7) is 0. The van der Waals surface area contributed by atoms with E-state index in [1.54, 1.807) is 17.7 Å². The number of imidazole rings is 1. The highest BCUT2D eigenvalue weighted by atomic mass is 16.3. The van der Waals surface area contributed by atoms with E-state index in [0.717, 1.165) is 11.0 Å². The van der Waals surface area contributed by atoms with E-state index in [2.05, 4.69) is 4.98 Å². The Labute approximate surface area is 81.0 Å². The van der Waals surface area contributed by atoms with Gasteiger partial charge in [-0.2, -0.15) is 5.26 Å². The van der Waals surface area contributed by atoms with Gasteiger partial charge in [-0.25, -0.2) is 4.98 Å². The lowest BCUT2D eigenvalue weighted by molar-refractivity contribution is 0.222. The van der Waals surface area contributed by atoms with Gasteiger partial charge in [0.15, 0.2) is 11.9 Å². The topological polar surface area (TPSA) is 61.8 Å². The first-order valence-electron chi connectivity index (χ1n) is 4.23. The van der Waals surface area contributed by atoms with Gasteiger partial charge in [-0.3, -0.25) is 0 Å². The highest BCUT2D eigenvalue weighted by Gasteiger charge is 2.14. The number of rotatable bonds is 1. The van der Waals surface area contributed by atoms with E-state index in [1.807, 2.05) is 24.3 Å². The molecular weight excluding hydrogens is 178 g/mol. The Morgan fingerprint density at radius 3 is 2.86 bits per heavy atom. The van der Waals surface area contributed by atoms with Gasteiger partial charge in [-0.15, -0.1) is 0 Å². The third kappa shape index (κ3) is 1.15. The van der Waals surface area contributed by atoms with Crippen molar-refractivity contribution in [2.75, 3.05) is 0 Å². The number of hydrogen-bond acceptors (Lipinski definition) is 3. The van der Waals surface area contributed by atoms with E-state index >= 15 is 0 Å². The van der Waals surface area contributed by atoms with Crippen molar-refractivity contribution < 1.29 is 5.11 Å². The first-order valence-corrected chi connectivity index (χ1v) is 4.23. The minimum atomic E-state index is -1.16. The molecule has 0 saturated carbocycles. The molecular formula is C10H9N3O. The molecule has 1 atom stereocenters. The van der Waals surface area contributed by atoms with Gasteiger partial charge in [0.25, 0.3) is 0 Å². The van der Waals surface area contributed by atoms with Crippen molar-refractivity contribution in [1.29, 1.82) is 5.26 Å². The van der Waals surface area contributed by atoms with Crippen LogP contribution in [0.1, 0.15) is 11.9 Å². The molecule has 0 aliphatic carbocycles. The average molecular weight is 187 g/mol. The monoisotopic (exact) mass is 187 g/mol. The summed E-state index contributed by atoms with van der Waals surface area (Å²) in [4.78, 5) is 4.17. The number of aliphatic hydroxyl groups is 1. The maximum Gasteiger partial charge on any atom is 0.199 e. The Balaban J connectivity index is 2.70. The molecule has 0 aliphatic heterocycles. The lowest BCUT2D eigenvalue weighted by Crippen LogP contribution is -2.03. The van der Waals surface area contributed by atoms with Crippen molar-refractivity contribution in [3.8, 4) is 6.07 Å². The second-order valence-corrected chi connectivity index (χ2v) is 3.05. The molecule has 0 amide bonds. The average Bonchev–Trinajstić information content (AvgIpc) is 2.56. The molecule has 0 radical (unpaired) electrons. The van der Waals surface area contributed by atoms with Crippen LogP contribution in [0, 0.1) is 11.3 Å². The fraction of sp³-hybridized carbons (Fsp3) is 0.200. The largest absolute Gasteiger partial charge is 0.371 e. The normalized spacial score (nSPS) is 12.6. The van der Waals surface area contributed by atoms with Crippen molar-refractivity contribution in [1.82, 2.24) is 9.55 Å². The van der Waals surface area contributed by atoms with Crippen LogP contribution < -0.4 is 0 Å². The number of fused-ring (bicyclic) bond motifs is 1. The molecule has 4 nitrogen and oxygen atoms in total. The molecule has 0 spiro atoms. The molecule has 1 aromatic heterocycles. The predicted molar refractivity (Wildman–Crippen MR) is 51.3 cm³/mol. The standard InChI is InChI=1S/C10H9N3O/c1-13-8-5-3-2-4-7(8)12-10(13)9(14)6-11/h2-5,9,14H,1H3. The molecule has 1 heterocycles. The Bertz CT molecular complexity index is 510. The van der Waals surface area contributed by atoms with E-state index in [1.165, 1.54) is 0 Å². The van der Waals surface area contributed by atoms with Crippen molar-refractivity contribution in [3.05, 3.63) is 30.1 Å². The highest BCUT2D eigenvalue weighted by Crippen LogP contribution is 2.18. The number of hydrogen-bond donors (Lipinski definition) is 1. The van der Waals surface area contributed by atoms with Crippen LogP contribution in [0.5, 0.6) is 0 Å². The number of aromatic nitrogens is 2.